The summed E-state index contributed by atoms with van der Waals surface area (Å²) in [7, 11) is 7.09. The topological polar surface area (TPSA) is 145 Å². The third kappa shape index (κ3) is 7.58. The van der Waals surface area contributed by atoms with E-state index in [2.05, 4.69) is 25.9 Å². The van der Waals surface area contributed by atoms with E-state index < -0.39 is 0 Å². The van der Waals surface area contributed by atoms with Gasteiger partial charge in [0.15, 0.2) is 5.82 Å². The second-order valence-electron chi connectivity index (χ2n) is 10.4. The molecular weight excluding hydrogens is 574 g/mol. The van der Waals surface area contributed by atoms with Crippen LogP contribution in [0.4, 0.5) is 33.6 Å². The molecular formula is C32H33N9O4. The third-order valence-corrected chi connectivity index (χ3v) is 6.63. The summed E-state index contributed by atoms with van der Waals surface area (Å²) >= 11 is 0. The van der Waals surface area contributed by atoms with Gasteiger partial charge in [-0.05, 0) is 62.6 Å². The number of benzene rings is 2. The maximum absolute atomic E-state index is 13.4. The number of anilines is 5. The lowest BCUT2D eigenvalue weighted by atomic mass is 10.2. The SMILES string of the molecule is CNC(=O)c1cc(Oc2ccc(Nc3ncc4c(n3)N(c3cccc(NC(=O)/C=C/CN(C)C)c3)C(=O)N(C)C4)cc2)ccn1. The molecule has 0 aliphatic carbocycles. The van der Waals surface area contributed by atoms with E-state index in [1.54, 1.807) is 84.9 Å². The van der Waals surface area contributed by atoms with Gasteiger partial charge in [-0.15, -0.1) is 0 Å². The normalized spacial score (nSPS) is 12.7. The Kier molecular flexibility index (Phi) is 9.29. The number of likely N-dealkylation sites (N-methyl/N-ethyl adjacent to an activating group) is 1. The van der Waals surface area contributed by atoms with Crippen LogP contribution >= 0.6 is 0 Å². The Morgan fingerprint density at radius 2 is 1.82 bits per heavy atom. The van der Waals surface area contributed by atoms with Crippen molar-refractivity contribution >= 4 is 46.7 Å². The zero-order valence-electron chi connectivity index (χ0n) is 25.3. The van der Waals surface area contributed by atoms with Gasteiger partial charge in [0.2, 0.25) is 11.9 Å². The Hall–Kier alpha value is -5.82. The highest BCUT2D eigenvalue weighted by Crippen LogP contribution is 2.35. The molecule has 3 N–H and O–H groups in total. The summed E-state index contributed by atoms with van der Waals surface area (Å²) in [6, 6.07) is 17.1. The van der Waals surface area contributed by atoms with E-state index in [-0.39, 0.29) is 23.5 Å². The van der Waals surface area contributed by atoms with Crippen LogP contribution in [0.15, 0.2) is 85.2 Å². The molecule has 3 heterocycles. The Balaban J connectivity index is 1.33. The predicted molar refractivity (Wildman–Crippen MR) is 171 cm³/mol. The van der Waals surface area contributed by atoms with Crippen molar-refractivity contribution in [2.24, 2.45) is 0 Å². The van der Waals surface area contributed by atoms with Gasteiger partial charge in [0.05, 0.1) is 12.2 Å². The van der Waals surface area contributed by atoms with Crippen molar-refractivity contribution in [2.75, 3.05) is 50.3 Å². The number of rotatable bonds is 10. The minimum absolute atomic E-state index is 0.251. The molecule has 0 saturated heterocycles. The highest BCUT2D eigenvalue weighted by atomic mass is 16.5. The highest BCUT2D eigenvalue weighted by Gasteiger charge is 2.31. The van der Waals surface area contributed by atoms with E-state index in [9.17, 15) is 14.4 Å². The highest BCUT2D eigenvalue weighted by molar-refractivity contribution is 6.03. The molecule has 5 rings (SSSR count). The number of carbonyl (C=O) groups excluding carboxylic acids is 3. The van der Waals surface area contributed by atoms with Crippen LogP contribution in [0.2, 0.25) is 0 Å². The molecule has 2 aromatic heterocycles. The molecule has 0 unspecified atom stereocenters. The quantitative estimate of drug-likeness (QED) is 0.222. The number of nitrogens with zero attached hydrogens (tertiary/aromatic N) is 6. The van der Waals surface area contributed by atoms with Crippen molar-refractivity contribution in [1.29, 1.82) is 0 Å². The number of pyridine rings is 1. The zero-order chi connectivity index (χ0) is 31.9. The largest absolute Gasteiger partial charge is 0.457 e. The average Bonchev–Trinajstić information content (AvgIpc) is 3.02. The van der Waals surface area contributed by atoms with Crippen LogP contribution in [0.25, 0.3) is 0 Å². The maximum atomic E-state index is 13.4. The van der Waals surface area contributed by atoms with Crippen LogP contribution in [0.5, 0.6) is 11.5 Å². The van der Waals surface area contributed by atoms with Gasteiger partial charge in [-0.25, -0.2) is 14.7 Å². The van der Waals surface area contributed by atoms with Crippen molar-refractivity contribution in [3.05, 3.63) is 96.5 Å². The van der Waals surface area contributed by atoms with Gasteiger partial charge in [-0.2, -0.15) is 4.98 Å². The first-order chi connectivity index (χ1) is 21.7. The smallest absolute Gasteiger partial charge is 0.330 e. The Morgan fingerprint density at radius 1 is 1.02 bits per heavy atom. The molecule has 13 heteroatoms. The van der Waals surface area contributed by atoms with Gasteiger partial charge in [-0.1, -0.05) is 12.1 Å². The van der Waals surface area contributed by atoms with Gasteiger partial charge in [-0.3, -0.25) is 14.6 Å². The molecule has 45 heavy (non-hydrogen) atoms. The van der Waals surface area contributed by atoms with Crippen LogP contribution < -0.4 is 25.6 Å². The van der Waals surface area contributed by atoms with Crippen LogP contribution in [0, 0.1) is 0 Å². The molecule has 4 aromatic rings. The van der Waals surface area contributed by atoms with Crippen molar-refractivity contribution in [3.8, 4) is 11.5 Å². The molecule has 2 aromatic carbocycles. The third-order valence-electron chi connectivity index (χ3n) is 6.63. The average molecular weight is 608 g/mol. The minimum atomic E-state index is -0.306. The molecule has 0 bridgehead atoms. The zero-order valence-corrected chi connectivity index (χ0v) is 25.3. The first kappa shape index (κ1) is 30.6. The molecule has 1 aliphatic heterocycles. The molecule has 4 amide bonds. The van der Waals surface area contributed by atoms with E-state index >= 15 is 0 Å². The van der Waals surface area contributed by atoms with Crippen molar-refractivity contribution in [3.63, 3.8) is 0 Å². The number of hydrogen-bond acceptors (Lipinski definition) is 9. The van der Waals surface area contributed by atoms with E-state index in [1.165, 1.54) is 24.2 Å². The summed E-state index contributed by atoms with van der Waals surface area (Å²) in [5.74, 6) is 1.19. The van der Waals surface area contributed by atoms with E-state index in [1.807, 2.05) is 19.0 Å². The first-order valence-corrected chi connectivity index (χ1v) is 14.1. The fourth-order valence-corrected chi connectivity index (χ4v) is 4.46. The van der Waals surface area contributed by atoms with Crippen LogP contribution in [0.3, 0.4) is 0 Å². The summed E-state index contributed by atoms with van der Waals surface area (Å²) in [5, 5.41) is 8.56. The second kappa shape index (κ2) is 13.7. The van der Waals surface area contributed by atoms with Gasteiger partial charge >= 0.3 is 6.03 Å². The van der Waals surface area contributed by atoms with Crippen LogP contribution in [-0.4, -0.2) is 77.3 Å². The first-order valence-electron chi connectivity index (χ1n) is 14.1. The van der Waals surface area contributed by atoms with Crippen molar-refractivity contribution in [1.82, 2.24) is 30.1 Å². The predicted octanol–water partition coefficient (Wildman–Crippen LogP) is 4.53. The lowest BCUT2D eigenvalue weighted by Crippen LogP contribution is -2.43. The molecule has 0 saturated carbocycles. The lowest BCUT2D eigenvalue weighted by molar-refractivity contribution is -0.111. The van der Waals surface area contributed by atoms with Crippen LogP contribution in [-0.2, 0) is 11.3 Å². The second-order valence-corrected chi connectivity index (χ2v) is 10.4. The molecule has 0 spiro atoms. The van der Waals surface area contributed by atoms with E-state index in [0.29, 0.717) is 53.4 Å². The monoisotopic (exact) mass is 607 g/mol. The number of nitrogens with one attached hydrogen (secondary N) is 3. The van der Waals surface area contributed by atoms with E-state index in [0.717, 1.165) is 5.56 Å². The number of hydrogen-bond donors (Lipinski definition) is 3. The molecule has 0 atom stereocenters. The molecule has 0 radical (unpaired) electrons. The van der Waals surface area contributed by atoms with Crippen molar-refractivity contribution < 1.29 is 19.1 Å². The van der Waals surface area contributed by atoms with Crippen LogP contribution in [0.1, 0.15) is 16.1 Å². The lowest BCUT2D eigenvalue weighted by Gasteiger charge is -2.34. The molecule has 1 aliphatic rings. The number of urea groups is 1. The summed E-state index contributed by atoms with van der Waals surface area (Å²) in [6.45, 7) is 0.986. The van der Waals surface area contributed by atoms with Gasteiger partial charge < -0.3 is 30.5 Å². The minimum Gasteiger partial charge on any atom is -0.457 e. The molecule has 13 nitrogen and oxygen atoms in total. The number of fused-ring (bicyclic) bond motifs is 1. The number of ether oxygens (including phenoxy) is 1. The van der Waals surface area contributed by atoms with Gasteiger partial charge in [0, 0.05) is 62.1 Å². The maximum Gasteiger partial charge on any atom is 0.330 e. The Bertz CT molecular complexity index is 1740. The fourth-order valence-electron chi connectivity index (χ4n) is 4.46. The summed E-state index contributed by atoms with van der Waals surface area (Å²) in [6.07, 6.45) is 6.45. The standard InChI is InChI=1S/C32H33N9O4/c1-33-30(43)27-18-26(14-15-34-27)45-25-12-10-22(11-13-25)37-31-35-19-21-20-40(4)32(44)41(29(21)38-31)24-8-5-7-23(17-24)36-28(42)9-6-16-39(2)3/h5-15,17-19H,16,20H2,1-4H3,(H,33,43)(H,36,42)(H,35,37,38)/b9-6+. The van der Waals surface area contributed by atoms with E-state index in [4.69, 9.17) is 9.72 Å². The summed E-state index contributed by atoms with van der Waals surface area (Å²) in [4.78, 5) is 55.9. The fraction of sp³-hybridized carbons (Fsp3) is 0.188. The van der Waals surface area contributed by atoms with Gasteiger partial charge in [0.25, 0.3) is 5.91 Å². The Labute approximate surface area is 260 Å². The van der Waals surface area contributed by atoms with Gasteiger partial charge in [0.1, 0.15) is 17.2 Å². The Morgan fingerprint density at radius 3 is 2.58 bits per heavy atom. The summed E-state index contributed by atoms with van der Waals surface area (Å²) in [5.41, 5.74) is 2.80. The molecule has 230 valence electrons. The number of carbonyl (C=O) groups is 3. The molecule has 0 fully saturated rings. The van der Waals surface area contributed by atoms with Crippen molar-refractivity contribution in [2.45, 2.75) is 6.54 Å². The number of amides is 4. The number of aromatic nitrogens is 3. The summed E-state index contributed by atoms with van der Waals surface area (Å²) < 4.78 is 5.88.